The van der Waals surface area contributed by atoms with E-state index in [-0.39, 0.29) is 11.8 Å². The molecule has 2 aliphatic heterocycles. The number of hydrogen-bond acceptors (Lipinski definition) is 4. The van der Waals surface area contributed by atoms with Crippen LogP contribution in [0, 0.1) is 6.92 Å². The molecule has 26 heavy (non-hydrogen) atoms. The summed E-state index contributed by atoms with van der Waals surface area (Å²) in [4.78, 5) is 27.0. The first-order valence-electron chi connectivity index (χ1n) is 8.97. The summed E-state index contributed by atoms with van der Waals surface area (Å²) in [7, 11) is 0. The van der Waals surface area contributed by atoms with Crippen LogP contribution in [0.25, 0.3) is 0 Å². The lowest BCUT2D eigenvalue weighted by atomic mass is 10.1. The number of aromatic nitrogens is 2. The number of aryl methyl sites for hydroxylation is 3. The zero-order chi connectivity index (χ0) is 18.1. The van der Waals surface area contributed by atoms with E-state index in [1.54, 1.807) is 11.0 Å². The van der Waals surface area contributed by atoms with Crippen molar-refractivity contribution in [1.82, 2.24) is 14.7 Å². The van der Waals surface area contributed by atoms with Gasteiger partial charge in [-0.15, -0.1) is 0 Å². The summed E-state index contributed by atoms with van der Waals surface area (Å²) in [5.74, 6) is -0.275. The second-order valence-corrected chi connectivity index (χ2v) is 6.74. The molecule has 0 spiro atoms. The van der Waals surface area contributed by atoms with Gasteiger partial charge in [0.15, 0.2) is 5.69 Å². The Hall–Kier alpha value is -2.67. The predicted molar refractivity (Wildman–Crippen MR) is 96.4 cm³/mol. The smallest absolute Gasteiger partial charge is 0.276 e. The Morgan fingerprint density at radius 3 is 2.73 bits per heavy atom. The summed E-state index contributed by atoms with van der Waals surface area (Å²) >= 11 is 0. The number of fused-ring (bicyclic) bond motifs is 1. The van der Waals surface area contributed by atoms with E-state index < -0.39 is 0 Å². The molecule has 7 nitrogen and oxygen atoms in total. The summed E-state index contributed by atoms with van der Waals surface area (Å²) in [5, 5.41) is 7.21. The van der Waals surface area contributed by atoms with Gasteiger partial charge in [-0.1, -0.05) is 6.07 Å². The van der Waals surface area contributed by atoms with E-state index in [0.717, 1.165) is 30.6 Å². The van der Waals surface area contributed by atoms with Gasteiger partial charge in [0, 0.05) is 36.6 Å². The van der Waals surface area contributed by atoms with E-state index in [1.807, 2.05) is 29.8 Å². The van der Waals surface area contributed by atoms with Gasteiger partial charge >= 0.3 is 0 Å². The summed E-state index contributed by atoms with van der Waals surface area (Å²) in [6.45, 7) is 5.08. The van der Waals surface area contributed by atoms with Crippen molar-refractivity contribution in [3.8, 4) is 0 Å². The lowest BCUT2D eigenvalue weighted by Crippen LogP contribution is -2.41. The van der Waals surface area contributed by atoms with E-state index in [1.165, 1.54) is 0 Å². The van der Waals surface area contributed by atoms with Crippen LogP contribution in [-0.4, -0.2) is 52.8 Å². The monoisotopic (exact) mass is 354 g/mol. The molecular formula is C19H22N4O3. The average Bonchev–Trinajstić information content (AvgIpc) is 3.25. The molecule has 2 aliphatic rings. The van der Waals surface area contributed by atoms with Crippen molar-refractivity contribution in [3.63, 3.8) is 0 Å². The van der Waals surface area contributed by atoms with Gasteiger partial charge in [-0.05, 0) is 43.5 Å². The molecule has 2 amide bonds. The Labute approximate surface area is 151 Å². The Kier molecular flexibility index (Phi) is 4.46. The lowest BCUT2D eigenvalue weighted by Gasteiger charge is -2.27. The fraction of sp³-hybridized carbons (Fsp3) is 0.421. The lowest BCUT2D eigenvalue weighted by molar-refractivity contribution is 0.0302. The number of ether oxygens (including phenoxy) is 1. The Morgan fingerprint density at radius 2 is 1.96 bits per heavy atom. The molecule has 4 rings (SSSR count). The number of benzene rings is 1. The molecule has 1 N–H and O–H groups in total. The number of carbonyl (C=O) groups excluding carboxylic acids is 2. The molecule has 1 aromatic heterocycles. The number of hydrogen-bond donors (Lipinski definition) is 1. The maximum atomic E-state index is 12.8. The minimum atomic E-state index is -0.250. The van der Waals surface area contributed by atoms with E-state index in [0.29, 0.717) is 43.2 Å². The Bertz CT molecular complexity index is 831. The number of carbonyl (C=O) groups is 2. The van der Waals surface area contributed by atoms with Gasteiger partial charge in [0.25, 0.3) is 11.8 Å². The standard InChI is InChI=1S/C19H22N4O3/c1-13-4-5-14(11-16(13)19(25)22-7-9-26-10-8-22)20-18(24)17-12-15-3-2-6-23(15)21-17/h4-5,11-12H,2-3,6-10H2,1H3,(H,20,24). The van der Waals surface area contributed by atoms with Crippen LogP contribution in [0.3, 0.4) is 0 Å². The van der Waals surface area contributed by atoms with Gasteiger partial charge in [-0.3, -0.25) is 14.3 Å². The summed E-state index contributed by atoms with van der Waals surface area (Å²) < 4.78 is 7.19. The number of rotatable bonds is 3. The molecule has 1 fully saturated rings. The van der Waals surface area contributed by atoms with Crippen LogP contribution in [0.5, 0.6) is 0 Å². The van der Waals surface area contributed by atoms with Crippen LogP contribution in [0.15, 0.2) is 24.3 Å². The largest absolute Gasteiger partial charge is 0.378 e. The second kappa shape index (κ2) is 6.92. The van der Waals surface area contributed by atoms with E-state index in [4.69, 9.17) is 4.74 Å². The van der Waals surface area contributed by atoms with Crippen molar-refractivity contribution in [2.24, 2.45) is 0 Å². The molecule has 0 aliphatic carbocycles. The highest BCUT2D eigenvalue weighted by Gasteiger charge is 2.21. The van der Waals surface area contributed by atoms with Crippen LogP contribution in [0.4, 0.5) is 5.69 Å². The third-order valence-electron chi connectivity index (χ3n) is 4.92. The van der Waals surface area contributed by atoms with Gasteiger partial charge in [-0.25, -0.2) is 0 Å². The molecule has 2 aromatic rings. The fourth-order valence-electron chi connectivity index (χ4n) is 3.43. The van der Waals surface area contributed by atoms with Crippen LogP contribution in [0.1, 0.15) is 38.5 Å². The number of anilines is 1. The second-order valence-electron chi connectivity index (χ2n) is 6.74. The molecule has 0 bridgehead atoms. The number of nitrogens with one attached hydrogen (secondary N) is 1. The highest BCUT2D eigenvalue weighted by Crippen LogP contribution is 2.20. The third kappa shape index (κ3) is 3.22. The molecule has 0 radical (unpaired) electrons. The van der Waals surface area contributed by atoms with E-state index in [2.05, 4.69) is 10.4 Å². The van der Waals surface area contributed by atoms with Crippen molar-refractivity contribution in [1.29, 1.82) is 0 Å². The van der Waals surface area contributed by atoms with Gasteiger partial charge in [-0.2, -0.15) is 5.10 Å². The van der Waals surface area contributed by atoms with Gasteiger partial charge in [0.2, 0.25) is 0 Å². The van der Waals surface area contributed by atoms with Gasteiger partial charge in [0.05, 0.1) is 13.2 Å². The van der Waals surface area contributed by atoms with E-state index >= 15 is 0 Å². The van der Waals surface area contributed by atoms with Crippen molar-refractivity contribution in [2.75, 3.05) is 31.6 Å². The van der Waals surface area contributed by atoms with Crippen LogP contribution in [-0.2, 0) is 17.7 Å². The zero-order valence-corrected chi connectivity index (χ0v) is 14.8. The maximum absolute atomic E-state index is 12.8. The minimum Gasteiger partial charge on any atom is -0.378 e. The number of morpholine rings is 1. The molecule has 0 saturated carbocycles. The summed E-state index contributed by atoms with van der Waals surface area (Å²) in [6.07, 6.45) is 2.04. The molecule has 7 heteroatoms. The Morgan fingerprint density at radius 1 is 1.15 bits per heavy atom. The zero-order valence-electron chi connectivity index (χ0n) is 14.8. The summed E-state index contributed by atoms with van der Waals surface area (Å²) in [6, 6.07) is 7.26. The SMILES string of the molecule is Cc1ccc(NC(=O)c2cc3n(n2)CCC3)cc1C(=O)N1CCOCC1. The van der Waals surface area contributed by atoms with Crippen molar-refractivity contribution in [2.45, 2.75) is 26.3 Å². The van der Waals surface area contributed by atoms with Crippen molar-refractivity contribution >= 4 is 17.5 Å². The van der Waals surface area contributed by atoms with Crippen LogP contribution in [0.2, 0.25) is 0 Å². The topological polar surface area (TPSA) is 76.5 Å². The predicted octanol–water partition coefficient (Wildman–Crippen LogP) is 1.86. The molecule has 1 saturated heterocycles. The number of nitrogens with zero attached hydrogens (tertiary/aromatic N) is 3. The van der Waals surface area contributed by atoms with Gasteiger partial charge < -0.3 is 15.0 Å². The quantitative estimate of drug-likeness (QED) is 0.913. The highest BCUT2D eigenvalue weighted by atomic mass is 16.5. The maximum Gasteiger partial charge on any atom is 0.276 e. The average molecular weight is 354 g/mol. The van der Waals surface area contributed by atoms with Gasteiger partial charge in [0.1, 0.15) is 0 Å². The highest BCUT2D eigenvalue weighted by molar-refractivity contribution is 6.04. The normalized spacial score (nSPS) is 16.4. The number of amides is 2. The molecule has 136 valence electrons. The molecule has 3 heterocycles. The first-order valence-corrected chi connectivity index (χ1v) is 8.97. The molecule has 1 aromatic carbocycles. The molecule has 0 atom stereocenters. The van der Waals surface area contributed by atoms with Crippen molar-refractivity contribution < 1.29 is 14.3 Å². The first-order chi connectivity index (χ1) is 12.6. The van der Waals surface area contributed by atoms with E-state index in [9.17, 15) is 9.59 Å². The third-order valence-corrected chi connectivity index (χ3v) is 4.92. The minimum absolute atomic E-state index is 0.0251. The summed E-state index contributed by atoms with van der Waals surface area (Å²) in [5.41, 5.74) is 3.62. The molecular weight excluding hydrogens is 332 g/mol. The molecule has 0 unspecified atom stereocenters. The Balaban J connectivity index is 1.51. The fourth-order valence-corrected chi connectivity index (χ4v) is 3.43. The van der Waals surface area contributed by atoms with Crippen LogP contribution >= 0.6 is 0 Å². The first kappa shape index (κ1) is 16.8. The van der Waals surface area contributed by atoms with Crippen molar-refractivity contribution in [3.05, 3.63) is 46.8 Å². The van der Waals surface area contributed by atoms with Crippen LogP contribution < -0.4 is 5.32 Å².